The van der Waals surface area contributed by atoms with Gasteiger partial charge in [0.05, 0.1) is 0 Å². The van der Waals surface area contributed by atoms with Gasteiger partial charge in [-0.15, -0.1) is 0 Å². The van der Waals surface area contributed by atoms with Gasteiger partial charge in [0, 0.05) is 29.9 Å². The minimum absolute atomic E-state index is 0.0381. The van der Waals surface area contributed by atoms with Gasteiger partial charge in [0.15, 0.2) is 5.78 Å². The lowest BCUT2D eigenvalue weighted by atomic mass is 10.0. The number of Topliss-reactive ketones (excluding diaryl/α,β-unsaturated/α-hetero) is 1. The van der Waals surface area contributed by atoms with E-state index in [1.807, 2.05) is 19.9 Å². The van der Waals surface area contributed by atoms with E-state index in [9.17, 15) is 4.79 Å². The average Bonchev–Trinajstić information content (AvgIpc) is 2.18. The molecule has 0 aliphatic carbocycles. The van der Waals surface area contributed by atoms with Gasteiger partial charge in [-0.25, -0.2) is 0 Å². The summed E-state index contributed by atoms with van der Waals surface area (Å²) in [5.41, 5.74) is 7.27. The quantitative estimate of drug-likeness (QED) is 0.739. The normalized spacial score (nSPS) is 12.5. The van der Waals surface area contributed by atoms with E-state index in [1.165, 1.54) is 0 Å². The van der Waals surface area contributed by atoms with Gasteiger partial charge in [-0.1, -0.05) is 6.92 Å². The lowest BCUT2D eigenvalue weighted by molar-refractivity contribution is 0.0973. The highest BCUT2D eigenvalue weighted by molar-refractivity contribution is 5.96. The zero-order valence-corrected chi connectivity index (χ0v) is 8.66. The molecule has 0 radical (unpaired) electrons. The van der Waals surface area contributed by atoms with Crippen molar-refractivity contribution in [3.63, 3.8) is 0 Å². The summed E-state index contributed by atoms with van der Waals surface area (Å²) in [7, 11) is 0. The molecule has 0 aromatic carbocycles. The van der Waals surface area contributed by atoms with E-state index in [1.54, 1.807) is 12.3 Å². The molecular weight excluding hydrogens is 176 g/mol. The van der Waals surface area contributed by atoms with Crippen molar-refractivity contribution in [1.82, 2.24) is 4.98 Å². The molecule has 0 fully saturated rings. The molecule has 3 heteroatoms. The summed E-state index contributed by atoms with van der Waals surface area (Å²) in [4.78, 5) is 15.7. The Morgan fingerprint density at radius 2 is 2.29 bits per heavy atom. The third-order valence-corrected chi connectivity index (χ3v) is 2.21. The third kappa shape index (κ3) is 2.92. The van der Waals surface area contributed by atoms with Crippen LogP contribution in [0, 0.1) is 6.92 Å². The topological polar surface area (TPSA) is 56.0 Å². The summed E-state index contributed by atoms with van der Waals surface area (Å²) in [5, 5.41) is 0. The van der Waals surface area contributed by atoms with E-state index in [4.69, 9.17) is 5.73 Å². The van der Waals surface area contributed by atoms with Gasteiger partial charge >= 0.3 is 0 Å². The third-order valence-electron chi connectivity index (χ3n) is 2.21. The van der Waals surface area contributed by atoms with Crippen molar-refractivity contribution in [3.05, 3.63) is 29.6 Å². The van der Waals surface area contributed by atoms with Crippen molar-refractivity contribution in [3.8, 4) is 0 Å². The molecule has 0 spiro atoms. The van der Waals surface area contributed by atoms with Crippen LogP contribution >= 0.6 is 0 Å². The molecule has 0 bridgehead atoms. The van der Waals surface area contributed by atoms with Crippen molar-refractivity contribution < 1.29 is 4.79 Å². The van der Waals surface area contributed by atoms with Crippen LogP contribution in [0.2, 0.25) is 0 Å². The first-order valence-corrected chi connectivity index (χ1v) is 4.85. The number of carbonyl (C=O) groups is 1. The molecule has 14 heavy (non-hydrogen) atoms. The second-order valence-corrected chi connectivity index (χ2v) is 3.48. The lowest BCUT2D eigenvalue weighted by Gasteiger charge is -2.06. The number of hydrogen-bond donors (Lipinski definition) is 1. The standard InChI is InChI=1S/C11H16N2O/c1-3-10(12)6-11(14)9-5-4-8(2)13-7-9/h4-5,7,10H,3,6,12H2,1-2H3. The molecule has 0 amide bonds. The molecule has 3 nitrogen and oxygen atoms in total. The average molecular weight is 192 g/mol. The fourth-order valence-corrected chi connectivity index (χ4v) is 1.13. The molecule has 1 unspecified atom stereocenters. The number of ketones is 1. The predicted octanol–water partition coefficient (Wildman–Crippen LogP) is 1.70. The Morgan fingerprint density at radius 1 is 1.57 bits per heavy atom. The Bertz CT molecular complexity index is 306. The molecule has 1 aromatic heterocycles. The van der Waals surface area contributed by atoms with E-state index >= 15 is 0 Å². The Kier molecular flexibility index (Phi) is 3.77. The SMILES string of the molecule is CCC(N)CC(=O)c1ccc(C)nc1. The monoisotopic (exact) mass is 192 g/mol. The summed E-state index contributed by atoms with van der Waals surface area (Å²) in [6.07, 6.45) is 2.84. The molecule has 1 heterocycles. The number of nitrogens with zero attached hydrogens (tertiary/aromatic N) is 1. The Labute approximate surface area is 84.3 Å². The largest absolute Gasteiger partial charge is 0.327 e. The number of nitrogens with two attached hydrogens (primary N) is 1. The van der Waals surface area contributed by atoms with Crippen molar-refractivity contribution in [2.45, 2.75) is 32.7 Å². The first-order chi connectivity index (χ1) is 6.63. The lowest BCUT2D eigenvalue weighted by Crippen LogP contribution is -2.22. The maximum atomic E-state index is 11.6. The fraction of sp³-hybridized carbons (Fsp3) is 0.455. The van der Waals surface area contributed by atoms with E-state index in [-0.39, 0.29) is 11.8 Å². The summed E-state index contributed by atoms with van der Waals surface area (Å²) in [5.74, 6) is 0.0758. The van der Waals surface area contributed by atoms with Gasteiger partial charge < -0.3 is 5.73 Å². The van der Waals surface area contributed by atoms with E-state index in [0.717, 1.165) is 12.1 Å². The van der Waals surface area contributed by atoms with E-state index < -0.39 is 0 Å². The predicted molar refractivity (Wildman–Crippen MR) is 56.2 cm³/mol. The van der Waals surface area contributed by atoms with Crippen LogP contribution in [0.15, 0.2) is 18.3 Å². The molecule has 1 aromatic rings. The first kappa shape index (κ1) is 10.9. The summed E-state index contributed by atoms with van der Waals surface area (Å²) in [6, 6.07) is 3.60. The number of hydrogen-bond acceptors (Lipinski definition) is 3. The van der Waals surface area contributed by atoms with Crippen molar-refractivity contribution >= 4 is 5.78 Å². The van der Waals surface area contributed by atoms with Crippen LogP contribution in [-0.4, -0.2) is 16.8 Å². The highest BCUT2D eigenvalue weighted by Crippen LogP contribution is 2.05. The first-order valence-electron chi connectivity index (χ1n) is 4.85. The number of aromatic nitrogens is 1. The molecule has 2 N–H and O–H groups in total. The maximum absolute atomic E-state index is 11.6. The Morgan fingerprint density at radius 3 is 2.79 bits per heavy atom. The van der Waals surface area contributed by atoms with Gasteiger partial charge in [0.1, 0.15) is 0 Å². The second-order valence-electron chi connectivity index (χ2n) is 3.48. The van der Waals surface area contributed by atoms with Gasteiger partial charge in [0.2, 0.25) is 0 Å². The summed E-state index contributed by atoms with van der Waals surface area (Å²) >= 11 is 0. The zero-order chi connectivity index (χ0) is 10.6. The molecular formula is C11H16N2O. The van der Waals surface area contributed by atoms with Crippen molar-refractivity contribution in [2.75, 3.05) is 0 Å². The zero-order valence-electron chi connectivity index (χ0n) is 8.66. The Hall–Kier alpha value is -1.22. The fourth-order valence-electron chi connectivity index (χ4n) is 1.13. The van der Waals surface area contributed by atoms with Crippen LogP contribution in [0.1, 0.15) is 35.8 Å². The van der Waals surface area contributed by atoms with E-state index in [0.29, 0.717) is 12.0 Å². The van der Waals surface area contributed by atoms with Gasteiger partial charge in [-0.05, 0) is 25.5 Å². The van der Waals surface area contributed by atoms with Crippen LogP contribution in [0.5, 0.6) is 0 Å². The van der Waals surface area contributed by atoms with Crippen LogP contribution in [0.4, 0.5) is 0 Å². The highest BCUT2D eigenvalue weighted by Gasteiger charge is 2.09. The molecule has 1 rings (SSSR count). The second kappa shape index (κ2) is 4.86. The van der Waals surface area contributed by atoms with Gasteiger partial charge in [-0.2, -0.15) is 0 Å². The molecule has 1 atom stereocenters. The van der Waals surface area contributed by atoms with Gasteiger partial charge in [-0.3, -0.25) is 9.78 Å². The van der Waals surface area contributed by atoms with Crippen LogP contribution in [0.3, 0.4) is 0 Å². The molecule has 0 aliphatic rings. The highest BCUT2D eigenvalue weighted by atomic mass is 16.1. The molecule has 76 valence electrons. The number of aryl methyl sites for hydroxylation is 1. The number of carbonyl (C=O) groups excluding carboxylic acids is 1. The number of rotatable bonds is 4. The van der Waals surface area contributed by atoms with Crippen molar-refractivity contribution in [2.24, 2.45) is 5.73 Å². The van der Waals surface area contributed by atoms with Crippen molar-refractivity contribution in [1.29, 1.82) is 0 Å². The van der Waals surface area contributed by atoms with E-state index in [2.05, 4.69) is 4.98 Å². The van der Waals surface area contributed by atoms with Crippen LogP contribution in [-0.2, 0) is 0 Å². The Balaban J connectivity index is 2.65. The maximum Gasteiger partial charge on any atom is 0.165 e. The molecule has 0 saturated carbocycles. The minimum atomic E-state index is -0.0381. The summed E-state index contributed by atoms with van der Waals surface area (Å²) in [6.45, 7) is 3.87. The van der Waals surface area contributed by atoms with Crippen LogP contribution in [0.25, 0.3) is 0 Å². The smallest absolute Gasteiger partial charge is 0.165 e. The molecule has 0 aliphatic heterocycles. The van der Waals surface area contributed by atoms with Gasteiger partial charge in [0.25, 0.3) is 0 Å². The minimum Gasteiger partial charge on any atom is -0.327 e. The number of pyridine rings is 1. The molecule has 0 saturated heterocycles. The van der Waals surface area contributed by atoms with Crippen LogP contribution < -0.4 is 5.73 Å². The summed E-state index contributed by atoms with van der Waals surface area (Å²) < 4.78 is 0.